The Bertz CT molecular complexity index is 416. The third-order valence-corrected chi connectivity index (χ3v) is 4.42. The van der Waals surface area contributed by atoms with E-state index < -0.39 is 11.7 Å². The van der Waals surface area contributed by atoms with Gasteiger partial charge in [0.15, 0.2) is 0 Å². The summed E-state index contributed by atoms with van der Waals surface area (Å²) in [5.41, 5.74) is 6.52. The van der Waals surface area contributed by atoms with Crippen molar-refractivity contribution in [2.45, 2.75) is 51.2 Å². The minimum atomic E-state index is -4.26. The fourth-order valence-electron chi connectivity index (χ4n) is 2.98. The Hall–Kier alpha value is -1.03. The van der Waals surface area contributed by atoms with Crippen LogP contribution in [-0.2, 0) is 12.6 Å². The highest BCUT2D eigenvalue weighted by molar-refractivity contribution is 5.25. The fourth-order valence-corrected chi connectivity index (χ4v) is 2.98. The van der Waals surface area contributed by atoms with Gasteiger partial charge in [-0.1, -0.05) is 31.9 Å². The van der Waals surface area contributed by atoms with Crippen LogP contribution in [0.2, 0.25) is 0 Å². The summed E-state index contributed by atoms with van der Waals surface area (Å²) >= 11 is 0. The monoisotopic (exact) mass is 285 g/mol. The Kier molecular flexibility index (Phi) is 4.74. The molecule has 112 valence electrons. The summed E-state index contributed by atoms with van der Waals surface area (Å²) in [5.74, 6) is 1.29. The zero-order valence-corrected chi connectivity index (χ0v) is 11.8. The third kappa shape index (κ3) is 3.98. The lowest BCUT2D eigenvalue weighted by atomic mass is 9.78. The van der Waals surface area contributed by atoms with Gasteiger partial charge in [0.1, 0.15) is 0 Å². The van der Waals surface area contributed by atoms with Gasteiger partial charge in [0.2, 0.25) is 0 Å². The highest BCUT2D eigenvalue weighted by atomic mass is 19.4. The van der Waals surface area contributed by atoms with Crippen molar-refractivity contribution < 1.29 is 13.2 Å². The maximum Gasteiger partial charge on any atom is 0.416 e. The van der Waals surface area contributed by atoms with Gasteiger partial charge >= 0.3 is 6.18 Å². The molecule has 1 fully saturated rings. The van der Waals surface area contributed by atoms with Gasteiger partial charge in [0.05, 0.1) is 5.56 Å². The Balaban J connectivity index is 1.93. The molecular formula is C16H22F3N. The summed E-state index contributed by atoms with van der Waals surface area (Å²) in [4.78, 5) is 0. The van der Waals surface area contributed by atoms with Crippen molar-refractivity contribution in [1.82, 2.24) is 0 Å². The van der Waals surface area contributed by atoms with Crippen LogP contribution in [0.5, 0.6) is 0 Å². The Morgan fingerprint density at radius 2 is 1.65 bits per heavy atom. The number of nitrogens with two attached hydrogens (primary N) is 1. The Morgan fingerprint density at radius 1 is 1.10 bits per heavy atom. The first-order valence-corrected chi connectivity index (χ1v) is 7.28. The van der Waals surface area contributed by atoms with Gasteiger partial charge in [0, 0.05) is 6.04 Å². The highest BCUT2D eigenvalue weighted by Crippen LogP contribution is 2.32. The molecule has 0 heterocycles. The summed E-state index contributed by atoms with van der Waals surface area (Å²) in [5, 5.41) is 0. The number of rotatable bonds is 3. The van der Waals surface area contributed by atoms with Gasteiger partial charge in [0.25, 0.3) is 0 Å². The molecule has 2 N–H and O–H groups in total. The maximum absolute atomic E-state index is 12.5. The molecule has 1 nitrogen and oxygen atoms in total. The van der Waals surface area contributed by atoms with Gasteiger partial charge in [-0.3, -0.25) is 0 Å². The topological polar surface area (TPSA) is 26.0 Å². The molecule has 1 saturated carbocycles. The molecule has 1 atom stereocenters. The molecule has 0 saturated heterocycles. The van der Waals surface area contributed by atoms with Crippen molar-refractivity contribution in [1.29, 1.82) is 0 Å². The third-order valence-electron chi connectivity index (χ3n) is 4.42. The lowest BCUT2D eigenvalue weighted by Crippen LogP contribution is -2.34. The maximum atomic E-state index is 12.5. The van der Waals surface area contributed by atoms with Gasteiger partial charge in [-0.25, -0.2) is 0 Å². The molecule has 20 heavy (non-hydrogen) atoms. The molecule has 4 heteroatoms. The van der Waals surface area contributed by atoms with Crippen LogP contribution in [-0.4, -0.2) is 6.04 Å². The molecule has 0 aliphatic heterocycles. The number of alkyl halides is 3. The second kappa shape index (κ2) is 6.17. The lowest BCUT2D eigenvalue weighted by Gasteiger charge is -2.30. The number of hydrogen-bond donors (Lipinski definition) is 1. The first kappa shape index (κ1) is 15.4. The van der Waals surface area contributed by atoms with Gasteiger partial charge in [-0.15, -0.1) is 0 Å². The van der Waals surface area contributed by atoms with Crippen LogP contribution in [0.1, 0.15) is 43.7 Å². The van der Waals surface area contributed by atoms with Crippen molar-refractivity contribution in [2.75, 3.05) is 0 Å². The predicted octanol–water partition coefficient (Wildman–Crippen LogP) is 4.40. The molecule has 0 amide bonds. The van der Waals surface area contributed by atoms with Gasteiger partial charge in [-0.05, 0) is 48.8 Å². The summed E-state index contributed by atoms with van der Waals surface area (Å²) in [6.45, 7) is 2.26. The van der Waals surface area contributed by atoms with E-state index >= 15 is 0 Å². The molecule has 0 radical (unpaired) electrons. The van der Waals surface area contributed by atoms with Crippen LogP contribution < -0.4 is 5.73 Å². The molecule has 0 aromatic heterocycles. The molecule has 1 unspecified atom stereocenters. The Morgan fingerprint density at radius 3 is 2.15 bits per heavy atom. The highest BCUT2D eigenvalue weighted by Gasteiger charge is 2.30. The van der Waals surface area contributed by atoms with Crippen molar-refractivity contribution in [3.63, 3.8) is 0 Å². The van der Waals surface area contributed by atoms with Crippen LogP contribution in [0.4, 0.5) is 13.2 Å². The normalized spacial score (nSPS) is 25.4. The van der Waals surface area contributed by atoms with Crippen LogP contribution in [0.25, 0.3) is 0 Å². The SMILES string of the molecule is CC1CCC(C(N)Cc2ccc(C(F)(F)F)cc2)CC1. The van der Waals surface area contributed by atoms with Gasteiger partial charge < -0.3 is 5.73 Å². The molecule has 1 aromatic carbocycles. The van der Waals surface area contributed by atoms with Crippen molar-refractivity contribution in [3.8, 4) is 0 Å². The van der Waals surface area contributed by atoms with E-state index in [4.69, 9.17) is 5.73 Å². The van der Waals surface area contributed by atoms with Crippen molar-refractivity contribution in [3.05, 3.63) is 35.4 Å². The van der Waals surface area contributed by atoms with Crippen LogP contribution in [0.3, 0.4) is 0 Å². The first-order chi connectivity index (χ1) is 9.36. The predicted molar refractivity (Wildman–Crippen MR) is 74.2 cm³/mol. The van der Waals surface area contributed by atoms with E-state index in [2.05, 4.69) is 6.92 Å². The lowest BCUT2D eigenvalue weighted by molar-refractivity contribution is -0.137. The summed E-state index contributed by atoms with van der Waals surface area (Å²) in [7, 11) is 0. The largest absolute Gasteiger partial charge is 0.416 e. The second-order valence-corrected chi connectivity index (χ2v) is 6.08. The quantitative estimate of drug-likeness (QED) is 0.875. The first-order valence-electron chi connectivity index (χ1n) is 7.28. The summed E-state index contributed by atoms with van der Waals surface area (Å²) in [6.07, 6.45) is 1.11. The molecule has 1 aromatic rings. The minimum Gasteiger partial charge on any atom is -0.327 e. The van der Waals surface area contributed by atoms with Crippen molar-refractivity contribution in [2.24, 2.45) is 17.6 Å². The van der Waals surface area contributed by atoms with Crippen LogP contribution in [0.15, 0.2) is 24.3 Å². The molecular weight excluding hydrogens is 263 g/mol. The second-order valence-electron chi connectivity index (χ2n) is 6.08. The number of hydrogen-bond acceptors (Lipinski definition) is 1. The van der Waals surface area contributed by atoms with E-state index in [1.165, 1.54) is 12.8 Å². The van der Waals surface area contributed by atoms with Crippen molar-refractivity contribution >= 4 is 0 Å². The summed E-state index contributed by atoms with van der Waals surface area (Å²) in [6, 6.07) is 5.44. The number of benzene rings is 1. The molecule has 0 spiro atoms. The van der Waals surface area contributed by atoms with E-state index in [0.717, 1.165) is 36.5 Å². The average molecular weight is 285 g/mol. The average Bonchev–Trinajstić information content (AvgIpc) is 2.39. The standard InChI is InChI=1S/C16H22F3N/c1-11-2-6-13(7-3-11)15(20)10-12-4-8-14(9-5-12)16(17,18)19/h4-5,8-9,11,13,15H,2-3,6-7,10,20H2,1H3. The smallest absolute Gasteiger partial charge is 0.327 e. The van der Waals surface area contributed by atoms with E-state index in [1.54, 1.807) is 12.1 Å². The van der Waals surface area contributed by atoms with E-state index in [9.17, 15) is 13.2 Å². The molecule has 2 rings (SSSR count). The fraction of sp³-hybridized carbons (Fsp3) is 0.625. The molecule has 0 bridgehead atoms. The zero-order chi connectivity index (χ0) is 14.8. The van der Waals surface area contributed by atoms with Gasteiger partial charge in [-0.2, -0.15) is 13.2 Å². The zero-order valence-electron chi connectivity index (χ0n) is 11.8. The van der Waals surface area contributed by atoms with E-state index in [0.29, 0.717) is 12.3 Å². The Labute approximate surface area is 118 Å². The van der Waals surface area contributed by atoms with E-state index in [-0.39, 0.29) is 6.04 Å². The number of halogens is 3. The molecule has 1 aliphatic rings. The molecule has 1 aliphatic carbocycles. The minimum absolute atomic E-state index is 0.0548. The van der Waals surface area contributed by atoms with E-state index in [1.807, 2.05) is 0 Å². The van der Waals surface area contributed by atoms with Crippen LogP contribution >= 0.6 is 0 Å². The van der Waals surface area contributed by atoms with Crippen LogP contribution in [0, 0.1) is 11.8 Å². The summed E-state index contributed by atoms with van der Waals surface area (Å²) < 4.78 is 37.5.